The molecule has 16 heavy (non-hydrogen) atoms. The van der Waals surface area contributed by atoms with Crippen LogP contribution in [0.5, 0.6) is 0 Å². The molecule has 2 atom stereocenters. The van der Waals surface area contributed by atoms with E-state index in [0.717, 1.165) is 12.1 Å². The molecule has 1 aliphatic rings. The Bertz CT molecular complexity index is 318. The molecule has 1 aromatic carbocycles. The minimum absolute atomic E-state index is 0.315. The van der Waals surface area contributed by atoms with Crippen molar-refractivity contribution in [3.8, 4) is 0 Å². The monoisotopic (exact) mass is 222 g/mol. The Morgan fingerprint density at radius 3 is 2.81 bits per heavy atom. The number of hydrogen-bond acceptors (Lipinski definition) is 4. The molecule has 0 bridgehead atoms. The summed E-state index contributed by atoms with van der Waals surface area (Å²) in [6.45, 7) is 3.89. The number of aliphatic hydroxyl groups is 1. The van der Waals surface area contributed by atoms with E-state index in [1.165, 1.54) is 0 Å². The van der Waals surface area contributed by atoms with Gasteiger partial charge in [0.05, 0.1) is 6.61 Å². The first-order valence-corrected chi connectivity index (χ1v) is 5.55. The second kappa shape index (κ2) is 5.41. The molecule has 0 radical (unpaired) electrons. The predicted molar refractivity (Wildman–Crippen MR) is 61.4 cm³/mol. The zero-order valence-corrected chi connectivity index (χ0v) is 9.47. The minimum atomic E-state index is -0.578. The molecular weight excluding hydrogens is 204 g/mol. The Kier molecular flexibility index (Phi) is 3.90. The number of ether oxygens (including phenoxy) is 1. The van der Waals surface area contributed by atoms with Gasteiger partial charge in [-0.2, -0.15) is 0 Å². The van der Waals surface area contributed by atoms with Crippen LogP contribution in [0.25, 0.3) is 0 Å². The van der Waals surface area contributed by atoms with Gasteiger partial charge in [0, 0.05) is 12.6 Å². The standard InChI is InChI=1S/C12H18N2O2/c1-10-7-14(12(15)13-10)9-16-8-11-5-3-2-4-6-11/h2-6,10,12-13,15H,7-9H2,1H3. The molecule has 2 N–H and O–H groups in total. The smallest absolute Gasteiger partial charge is 0.165 e. The molecule has 4 heteroatoms. The third-order valence-electron chi connectivity index (χ3n) is 2.66. The molecule has 1 saturated heterocycles. The second-order valence-corrected chi connectivity index (χ2v) is 4.18. The lowest BCUT2D eigenvalue weighted by Crippen LogP contribution is -2.37. The zero-order chi connectivity index (χ0) is 11.4. The summed E-state index contributed by atoms with van der Waals surface area (Å²) in [7, 11) is 0. The highest BCUT2D eigenvalue weighted by molar-refractivity contribution is 5.13. The van der Waals surface area contributed by atoms with Crippen molar-refractivity contribution in [2.45, 2.75) is 25.9 Å². The van der Waals surface area contributed by atoms with Crippen LogP contribution in [-0.4, -0.2) is 35.7 Å². The van der Waals surface area contributed by atoms with Crippen molar-refractivity contribution in [3.63, 3.8) is 0 Å². The predicted octanol–water partition coefficient (Wildman–Crippen LogP) is 0.730. The van der Waals surface area contributed by atoms with Gasteiger partial charge < -0.3 is 9.84 Å². The van der Waals surface area contributed by atoms with Crippen LogP contribution in [0.3, 0.4) is 0 Å². The molecule has 0 aliphatic carbocycles. The molecule has 1 fully saturated rings. The lowest BCUT2D eigenvalue weighted by atomic mass is 10.2. The molecule has 0 amide bonds. The number of nitrogens with one attached hydrogen (secondary N) is 1. The number of benzene rings is 1. The summed E-state index contributed by atoms with van der Waals surface area (Å²) < 4.78 is 5.55. The Morgan fingerprint density at radius 1 is 1.44 bits per heavy atom. The van der Waals surface area contributed by atoms with Crippen molar-refractivity contribution in [1.29, 1.82) is 0 Å². The minimum Gasteiger partial charge on any atom is -0.365 e. The van der Waals surface area contributed by atoms with Crippen LogP contribution in [0, 0.1) is 0 Å². The van der Waals surface area contributed by atoms with Crippen molar-refractivity contribution < 1.29 is 9.84 Å². The SMILES string of the molecule is CC1CN(COCc2ccccc2)C(O)N1. The maximum absolute atomic E-state index is 9.59. The summed E-state index contributed by atoms with van der Waals surface area (Å²) in [5, 5.41) is 12.6. The fraction of sp³-hybridized carbons (Fsp3) is 0.500. The number of rotatable bonds is 4. The highest BCUT2D eigenvalue weighted by Gasteiger charge is 2.26. The van der Waals surface area contributed by atoms with Gasteiger partial charge in [0.15, 0.2) is 6.35 Å². The maximum Gasteiger partial charge on any atom is 0.165 e. The maximum atomic E-state index is 9.59. The number of nitrogens with zero attached hydrogens (tertiary/aromatic N) is 1. The molecule has 1 aliphatic heterocycles. The molecule has 1 aromatic rings. The van der Waals surface area contributed by atoms with Crippen LogP contribution in [-0.2, 0) is 11.3 Å². The molecule has 4 nitrogen and oxygen atoms in total. The van der Waals surface area contributed by atoms with Crippen molar-refractivity contribution in [1.82, 2.24) is 10.2 Å². The Morgan fingerprint density at radius 2 is 2.19 bits per heavy atom. The van der Waals surface area contributed by atoms with Crippen LogP contribution < -0.4 is 5.32 Å². The Balaban J connectivity index is 1.72. The summed E-state index contributed by atoms with van der Waals surface area (Å²) in [6.07, 6.45) is -0.578. The average Bonchev–Trinajstić information content (AvgIpc) is 2.59. The van der Waals surface area contributed by atoms with E-state index in [-0.39, 0.29) is 0 Å². The summed E-state index contributed by atoms with van der Waals surface area (Å²) in [5.74, 6) is 0. The van der Waals surface area contributed by atoms with Crippen molar-refractivity contribution in [3.05, 3.63) is 35.9 Å². The molecule has 1 heterocycles. The van der Waals surface area contributed by atoms with Crippen LogP contribution >= 0.6 is 0 Å². The summed E-state index contributed by atoms with van der Waals surface area (Å²) in [5.41, 5.74) is 1.15. The molecule has 2 rings (SSSR count). The van der Waals surface area contributed by atoms with Gasteiger partial charge in [-0.05, 0) is 12.5 Å². The molecule has 88 valence electrons. The van der Waals surface area contributed by atoms with E-state index in [1.807, 2.05) is 42.2 Å². The third kappa shape index (κ3) is 3.02. The van der Waals surface area contributed by atoms with Crippen molar-refractivity contribution in [2.75, 3.05) is 13.3 Å². The van der Waals surface area contributed by atoms with Crippen LogP contribution in [0.4, 0.5) is 0 Å². The Hall–Kier alpha value is -0.940. The summed E-state index contributed by atoms with van der Waals surface area (Å²) in [6, 6.07) is 10.3. The summed E-state index contributed by atoms with van der Waals surface area (Å²) >= 11 is 0. The first kappa shape index (κ1) is 11.5. The van der Waals surface area contributed by atoms with E-state index < -0.39 is 6.35 Å². The zero-order valence-electron chi connectivity index (χ0n) is 9.47. The molecular formula is C12H18N2O2. The van der Waals surface area contributed by atoms with E-state index in [4.69, 9.17) is 4.74 Å². The highest BCUT2D eigenvalue weighted by Crippen LogP contribution is 2.07. The van der Waals surface area contributed by atoms with E-state index in [1.54, 1.807) is 0 Å². The number of aliphatic hydroxyl groups excluding tert-OH is 1. The van der Waals surface area contributed by atoms with Gasteiger partial charge in [0.1, 0.15) is 6.73 Å². The molecule has 2 unspecified atom stereocenters. The lowest BCUT2D eigenvalue weighted by Gasteiger charge is -2.18. The average molecular weight is 222 g/mol. The van der Waals surface area contributed by atoms with E-state index in [0.29, 0.717) is 19.4 Å². The van der Waals surface area contributed by atoms with Crippen LogP contribution in [0.1, 0.15) is 12.5 Å². The fourth-order valence-electron chi connectivity index (χ4n) is 1.84. The first-order chi connectivity index (χ1) is 7.75. The fourth-order valence-corrected chi connectivity index (χ4v) is 1.84. The quantitative estimate of drug-likeness (QED) is 0.788. The molecule has 0 spiro atoms. The van der Waals surface area contributed by atoms with E-state index >= 15 is 0 Å². The van der Waals surface area contributed by atoms with Crippen molar-refractivity contribution in [2.24, 2.45) is 0 Å². The van der Waals surface area contributed by atoms with Gasteiger partial charge in [-0.15, -0.1) is 0 Å². The first-order valence-electron chi connectivity index (χ1n) is 5.55. The summed E-state index contributed by atoms with van der Waals surface area (Å²) in [4.78, 5) is 1.87. The van der Waals surface area contributed by atoms with Gasteiger partial charge >= 0.3 is 0 Å². The van der Waals surface area contributed by atoms with Gasteiger partial charge in [-0.3, -0.25) is 5.32 Å². The van der Waals surface area contributed by atoms with E-state index in [2.05, 4.69) is 5.32 Å². The Labute approximate surface area is 95.8 Å². The molecule has 0 saturated carbocycles. The van der Waals surface area contributed by atoms with E-state index in [9.17, 15) is 5.11 Å². The van der Waals surface area contributed by atoms with Crippen molar-refractivity contribution >= 4 is 0 Å². The second-order valence-electron chi connectivity index (χ2n) is 4.18. The lowest BCUT2D eigenvalue weighted by molar-refractivity contribution is -0.0606. The normalized spacial score (nSPS) is 26.1. The third-order valence-corrected chi connectivity index (χ3v) is 2.66. The van der Waals surface area contributed by atoms with Gasteiger partial charge in [-0.25, -0.2) is 4.90 Å². The topological polar surface area (TPSA) is 44.7 Å². The van der Waals surface area contributed by atoms with Gasteiger partial charge in [-0.1, -0.05) is 30.3 Å². The van der Waals surface area contributed by atoms with Crippen LogP contribution in [0.2, 0.25) is 0 Å². The highest BCUT2D eigenvalue weighted by atomic mass is 16.5. The number of hydrogen-bond donors (Lipinski definition) is 2. The van der Waals surface area contributed by atoms with Crippen LogP contribution in [0.15, 0.2) is 30.3 Å². The van der Waals surface area contributed by atoms with Gasteiger partial charge in [0.25, 0.3) is 0 Å². The largest absolute Gasteiger partial charge is 0.365 e. The molecule has 0 aromatic heterocycles. The van der Waals surface area contributed by atoms with Gasteiger partial charge in [0.2, 0.25) is 0 Å².